The normalized spacial score (nSPS) is 10.5. The Hall–Kier alpha value is -1.03. The van der Waals surface area contributed by atoms with E-state index in [-0.39, 0.29) is 6.03 Å². The van der Waals surface area contributed by atoms with E-state index in [4.69, 9.17) is 0 Å². The zero-order chi connectivity index (χ0) is 13.5. The lowest BCUT2D eigenvalue weighted by atomic mass is 10.1. The van der Waals surface area contributed by atoms with E-state index < -0.39 is 0 Å². The van der Waals surface area contributed by atoms with Gasteiger partial charge in [0.05, 0.1) is 0 Å². The van der Waals surface area contributed by atoms with Crippen LogP contribution in [0.2, 0.25) is 0 Å². The van der Waals surface area contributed by atoms with Crippen molar-refractivity contribution in [2.45, 2.75) is 26.8 Å². The Morgan fingerprint density at radius 3 is 2.50 bits per heavy atom. The predicted octanol–water partition coefficient (Wildman–Crippen LogP) is 3.64. The quantitative estimate of drug-likeness (QED) is 0.884. The first-order chi connectivity index (χ1) is 8.49. The Balaban J connectivity index is 2.37. The Labute approximate surface area is 118 Å². The second kappa shape index (κ2) is 7.41. The summed E-state index contributed by atoms with van der Waals surface area (Å²) in [6.07, 6.45) is 1.01. The number of rotatable bonds is 5. The van der Waals surface area contributed by atoms with Gasteiger partial charge in [-0.15, -0.1) is 0 Å². The molecule has 0 unspecified atom stereocenters. The molecule has 0 aliphatic rings. The molecule has 4 heteroatoms. The molecule has 1 aromatic rings. The van der Waals surface area contributed by atoms with Crippen LogP contribution in [-0.2, 0) is 6.54 Å². The molecule has 0 aromatic heterocycles. The SMILES string of the molecule is CC(C)CCNC(=O)N(C)Cc1ccc(Br)cc1. The van der Waals surface area contributed by atoms with E-state index in [0.717, 1.165) is 23.0 Å². The van der Waals surface area contributed by atoms with Crippen LogP contribution in [0.15, 0.2) is 28.7 Å². The Morgan fingerprint density at radius 2 is 1.94 bits per heavy atom. The van der Waals surface area contributed by atoms with E-state index in [1.54, 1.807) is 4.90 Å². The molecule has 1 aromatic carbocycles. The first-order valence-corrected chi connectivity index (χ1v) is 7.01. The van der Waals surface area contributed by atoms with Crippen LogP contribution in [0.25, 0.3) is 0 Å². The van der Waals surface area contributed by atoms with E-state index in [1.165, 1.54) is 0 Å². The zero-order valence-corrected chi connectivity index (χ0v) is 12.8. The van der Waals surface area contributed by atoms with Crippen molar-refractivity contribution in [2.24, 2.45) is 5.92 Å². The van der Waals surface area contributed by atoms with Crippen LogP contribution in [0.1, 0.15) is 25.8 Å². The molecule has 0 atom stereocenters. The van der Waals surface area contributed by atoms with Crippen LogP contribution in [-0.4, -0.2) is 24.5 Å². The van der Waals surface area contributed by atoms with Gasteiger partial charge < -0.3 is 10.2 Å². The van der Waals surface area contributed by atoms with Crippen LogP contribution < -0.4 is 5.32 Å². The maximum Gasteiger partial charge on any atom is 0.317 e. The van der Waals surface area contributed by atoms with Gasteiger partial charge in [0.25, 0.3) is 0 Å². The van der Waals surface area contributed by atoms with Crippen LogP contribution in [0, 0.1) is 5.92 Å². The number of halogens is 1. The van der Waals surface area contributed by atoms with Crippen LogP contribution in [0.4, 0.5) is 4.79 Å². The van der Waals surface area contributed by atoms with Crippen molar-refractivity contribution >= 4 is 22.0 Å². The third-order valence-corrected chi connectivity index (χ3v) is 3.21. The molecule has 0 heterocycles. The van der Waals surface area contributed by atoms with Gasteiger partial charge in [0, 0.05) is 24.6 Å². The maximum absolute atomic E-state index is 11.8. The van der Waals surface area contributed by atoms with Crippen molar-refractivity contribution in [2.75, 3.05) is 13.6 Å². The standard InChI is InChI=1S/C14H21BrN2O/c1-11(2)8-9-16-14(18)17(3)10-12-4-6-13(15)7-5-12/h4-7,11H,8-10H2,1-3H3,(H,16,18). The van der Waals surface area contributed by atoms with Gasteiger partial charge in [-0.3, -0.25) is 0 Å². The third kappa shape index (κ3) is 5.54. The van der Waals surface area contributed by atoms with E-state index in [2.05, 4.69) is 35.1 Å². The highest BCUT2D eigenvalue weighted by Gasteiger charge is 2.08. The number of urea groups is 1. The molecule has 0 spiro atoms. The number of carbonyl (C=O) groups excluding carboxylic acids is 1. The van der Waals surface area contributed by atoms with Gasteiger partial charge >= 0.3 is 6.03 Å². The Kier molecular flexibility index (Phi) is 6.19. The van der Waals surface area contributed by atoms with Gasteiger partial charge in [-0.1, -0.05) is 41.9 Å². The summed E-state index contributed by atoms with van der Waals surface area (Å²) in [7, 11) is 1.81. The summed E-state index contributed by atoms with van der Waals surface area (Å²) in [5, 5.41) is 2.92. The van der Waals surface area contributed by atoms with Gasteiger partial charge in [-0.05, 0) is 30.0 Å². The zero-order valence-electron chi connectivity index (χ0n) is 11.2. The van der Waals surface area contributed by atoms with Gasteiger partial charge in [0.15, 0.2) is 0 Å². The summed E-state index contributed by atoms with van der Waals surface area (Å²) in [6, 6.07) is 7.99. The van der Waals surface area contributed by atoms with Crippen molar-refractivity contribution in [3.05, 3.63) is 34.3 Å². The number of hydrogen-bond donors (Lipinski definition) is 1. The molecule has 3 nitrogen and oxygen atoms in total. The largest absolute Gasteiger partial charge is 0.338 e. The van der Waals surface area contributed by atoms with Crippen molar-refractivity contribution in [3.8, 4) is 0 Å². The molecule has 0 saturated heterocycles. The predicted molar refractivity (Wildman–Crippen MR) is 78.5 cm³/mol. The smallest absolute Gasteiger partial charge is 0.317 e. The van der Waals surface area contributed by atoms with Crippen molar-refractivity contribution < 1.29 is 4.79 Å². The van der Waals surface area contributed by atoms with Crippen molar-refractivity contribution in [3.63, 3.8) is 0 Å². The minimum absolute atomic E-state index is 0.0152. The van der Waals surface area contributed by atoms with Crippen LogP contribution >= 0.6 is 15.9 Å². The second-order valence-electron chi connectivity index (χ2n) is 4.90. The second-order valence-corrected chi connectivity index (χ2v) is 5.81. The highest BCUT2D eigenvalue weighted by atomic mass is 79.9. The number of carbonyl (C=O) groups is 1. The fraction of sp³-hybridized carbons (Fsp3) is 0.500. The van der Waals surface area contributed by atoms with Crippen molar-refractivity contribution in [1.82, 2.24) is 10.2 Å². The molecule has 2 amide bonds. The van der Waals surface area contributed by atoms with Crippen molar-refractivity contribution in [1.29, 1.82) is 0 Å². The summed E-state index contributed by atoms with van der Waals surface area (Å²) in [5.74, 6) is 0.613. The minimum Gasteiger partial charge on any atom is -0.338 e. The molecule has 0 aliphatic carbocycles. The fourth-order valence-corrected chi connectivity index (χ4v) is 1.80. The van der Waals surface area contributed by atoms with Gasteiger partial charge in [0.2, 0.25) is 0 Å². The number of nitrogens with zero attached hydrogens (tertiary/aromatic N) is 1. The first kappa shape index (κ1) is 15.0. The van der Waals surface area contributed by atoms with E-state index >= 15 is 0 Å². The molecule has 18 heavy (non-hydrogen) atoms. The molecule has 1 N–H and O–H groups in total. The van der Waals surface area contributed by atoms with E-state index in [9.17, 15) is 4.79 Å². The number of benzene rings is 1. The molecule has 0 aliphatic heterocycles. The van der Waals surface area contributed by atoms with Gasteiger partial charge in [0.1, 0.15) is 0 Å². The third-order valence-electron chi connectivity index (χ3n) is 2.68. The highest BCUT2D eigenvalue weighted by molar-refractivity contribution is 9.10. The lowest BCUT2D eigenvalue weighted by molar-refractivity contribution is 0.206. The highest BCUT2D eigenvalue weighted by Crippen LogP contribution is 2.11. The summed E-state index contributed by atoms with van der Waals surface area (Å²) >= 11 is 3.40. The Bertz CT molecular complexity index is 376. The summed E-state index contributed by atoms with van der Waals surface area (Å²) in [5.41, 5.74) is 1.12. The first-order valence-electron chi connectivity index (χ1n) is 6.22. The summed E-state index contributed by atoms with van der Waals surface area (Å²) < 4.78 is 1.05. The molecule has 0 saturated carbocycles. The molecule has 0 fully saturated rings. The lowest BCUT2D eigenvalue weighted by Gasteiger charge is -2.18. The van der Waals surface area contributed by atoms with Crippen LogP contribution in [0.5, 0.6) is 0 Å². The molecule has 0 bridgehead atoms. The maximum atomic E-state index is 11.8. The van der Waals surface area contributed by atoms with Gasteiger partial charge in [-0.25, -0.2) is 4.79 Å². The molecular formula is C14H21BrN2O. The number of hydrogen-bond acceptors (Lipinski definition) is 1. The number of nitrogens with one attached hydrogen (secondary N) is 1. The monoisotopic (exact) mass is 312 g/mol. The number of amides is 2. The summed E-state index contributed by atoms with van der Waals surface area (Å²) in [6.45, 7) is 5.66. The molecule has 100 valence electrons. The van der Waals surface area contributed by atoms with Gasteiger partial charge in [-0.2, -0.15) is 0 Å². The summed E-state index contributed by atoms with van der Waals surface area (Å²) in [4.78, 5) is 13.5. The minimum atomic E-state index is -0.0152. The molecule has 1 rings (SSSR count). The van der Waals surface area contributed by atoms with Crippen LogP contribution in [0.3, 0.4) is 0 Å². The average molecular weight is 313 g/mol. The van der Waals surface area contributed by atoms with E-state index in [0.29, 0.717) is 12.5 Å². The Morgan fingerprint density at radius 1 is 1.33 bits per heavy atom. The molecular weight excluding hydrogens is 292 g/mol. The fourth-order valence-electron chi connectivity index (χ4n) is 1.54. The molecule has 0 radical (unpaired) electrons. The topological polar surface area (TPSA) is 32.3 Å². The lowest BCUT2D eigenvalue weighted by Crippen LogP contribution is -2.37. The van der Waals surface area contributed by atoms with E-state index in [1.807, 2.05) is 31.3 Å². The average Bonchev–Trinajstić information content (AvgIpc) is 2.31.